The van der Waals surface area contributed by atoms with Gasteiger partial charge in [-0.1, -0.05) is 49.6 Å². The van der Waals surface area contributed by atoms with Gasteiger partial charge in [-0.05, 0) is 24.3 Å². The van der Waals surface area contributed by atoms with Crippen LogP contribution in [0.2, 0.25) is 0 Å². The smallest absolute Gasteiger partial charge is 0.322 e. The zero-order chi connectivity index (χ0) is 19.2. The molecule has 0 unspecified atom stereocenters. The van der Waals surface area contributed by atoms with Crippen molar-refractivity contribution in [2.24, 2.45) is 5.92 Å². The number of rotatable bonds is 8. The summed E-state index contributed by atoms with van der Waals surface area (Å²) in [6.07, 6.45) is 6.29. The zero-order valence-electron chi connectivity index (χ0n) is 15.3. The van der Waals surface area contributed by atoms with E-state index in [4.69, 9.17) is 5.11 Å². The first-order chi connectivity index (χ1) is 13.0. The number of amides is 2. The molecule has 1 aliphatic carbocycles. The minimum atomic E-state index is -1.06. The number of nitrogens with one attached hydrogen (secondary N) is 3. The molecule has 1 heterocycles. The summed E-state index contributed by atoms with van der Waals surface area (Å²) in [6.45, 7) is 0.624. The Bertz CT molecular complexity index is 673. The first-order valence-electron chi connectivity index (χ1n) is 9.65. The molecule has 1 saturated carbocycles. The second-order valence-corrected chi connectivity index (χ2v) is 7.46. The Morgan fingerprint density at radius 3 is 2.41 bits per heavy atom. The van der Waals surface area contributed by atoms with E-state index in [2.05, 4.69) is 16.0 Å². The third kappa shape index (κ3) is 5.53. The van der Waals surface area contributed by atoms with Crippen LogP contribution in [0.5, 0.6) is 0 Å². The van der Waals surface area contributed by atoms with Crippen molar-refractivity contribution in [2.45, 2.75) is 56.7 Å². The lowest BCUT2D eigenvalue weighted by atomic mass is 9.89. The molecule has 3 atom stereocenters. The van der Waals surface area contributed by atoms with Crippen LogP contribution in [0.4, 0.5) is 0 Å². The van der Waals surface area contributed by atoms with Crippen molar-refractivity contribution in [3.05, 3.63) is 35.9 Å². The molecule has 3 rings (SSSR count). The predicted molar refractivity (Wildman–Crippen MR) is 100 cm³/mol. The SMILES string of the molecule is O=C(NCC1CCCCC1)[C@H](Cc1ccccc1)NC(=O)[C@H]1N[C@@H]1C(=O)O. The second-order valence-electron chi connectivity index (χ2n) is 7.46. The van der Waals surface area contributed by atoms with Gasteiger partial charge in [0.25, 0.3) is 0 Å². The first kappa shape index (κ1) is 19.4. The molecule has 1 aromatic carbocycles. The third-order valence-electron chi connectivity index (χ3n) is 5.34. The van der Waals surface area contributed by atoms with Crippen LogP contribution < -0.4 is 16.0 Å². The van der Waals surface area contributed by atoms with Gasteiger partial charge in [-0.25, -0.2) is 0 Å². The minimum Gasteiger partial charge on any atom is -0.480 e. The van der Waals surface area contributed by atoms with Crippen LogP contribution in [-0.4, -0.2) is 47.6 Å². The van der Waals surface area contributed by atoms with Gasteiger partial charge in [0.05, 0.1) is 0 Å². The lowest BCUT2D eigenvalue weighted by Gasteiger charge is -2.24. The lowest BCUT2D eigenvalue weighted by molar-refractivity contribution is -0.137. The highest BCUT2D eigenvalue weighted by Crippen LogP contribution is 2.22. The average Bonchev–Trinajstić information content (AvgIpc) is 3.48. The molecule has 7 nitrogen and oxygen atoms in total. The molecule has 2 aliphatic rings. The summed E-state index contributed by atoms with van der Waals surface area (Å²) in [6, 6.07) is 7.12. The van der Waals surface area contributed by atoms with Crippen LogP contribution in [0, 0.1) is 5.92 Å². The van der Waals surface area contributed by atoms with Gasteiger partial charge in [-0.3, -0.25) is 19.7 Å². The van der Waals surface area contributed by atoms with Crippen molar-refractivity contribution in [1.29, 1.82) is 0 Å². The maximum Gasteiger partial charge on any atom is 0.322 e. The van der Waals surface area contributed by atoms with E-state index in [0.717, 1.165) is 18.4 Å². The molecule has 2 fully saturated rings. The summed E-state index contributed by atoms with van der Waals surface area (Å²) < 4.78 is 0. The van der Waals surface area contributed by atoms with Crippen LogP contribution in [0.3, 0.4) is 0 Å². The quantitative estimate of drug-likeness (QED) is 0.504. The fourth-order valence-electron chi connectivity index (χ4n) is 3.66. The fourth-order valence-corrected chi connectivity index (χ4v) is 3.66. The second kappa shape index (κ2) is 8.99. The zero-order valence-corrected chi connectivity index (χ0v) is 15.3. The average molecular weight is 373 g/mol. The number of carbonyl (C=O) groups is 3. The number of hydrogen-bond acceptors (Lipinski definition) is 4. The van der Waals surface area contributed by atoms with Crippen molar-refractivity contribution in [3.8, 4) is 0 Å². The van der Waals surface area contributed by atoms with Crippen LogP contribution in [0.15, 0.2) is 30.3 Å². The number of carbonyl (C=O) groups excluding carboxylic acids is 2. The molecule has 1 saturated heterocycles. The Morgan fingerprint density at radius 2 is 1.78 bits per heavy atom. The standard InChI is InChI=1S/C20H27N3O4/c24-18(21-12-14-9-5-2-6-10-14)15(11-13-7-3-1-4-8-13)22-19(25)16-17(23-16)20(26)27/h1,3-4,7-8,14-17,23H,2,5-6,9-12H2,(H,21,24)(H,22,25)(H,26,27)/t15-,16-,17-/m0/s1. The van der Waals surface area contributed by atoms with Crippen molar-refractivity contribution >= 4 is 17.8 Å². The molecule has 146 valence electrons. The van der Waals surface area contributed by atoms with E-state index in [-0.39, 0.29) is 5.91 Å². The van der Waals surface area contributed by atoms with Gasteiger partial charge in [-0.15, -0.1) is 0 Å². The number of aliphatic carboxylic acids is 1. The lowest BCUT2D eigenvalue weighted by Crippen LogP contribution is -2.50. The van der Waals surface area contributed by atoms with Crippen molar-refractivity contribution in [3.63, 3.8) is 0 Å². The monoisotopic (exact) mass is 373 g/mol. The van der Waals surface area contributed by atoms with Gasteiger partial charge in [0.1, 0.15) is 18.1 Å². The molecule has 4 N–H and O–H groups in total. The molecule has 0 spiro atoms. The molecular weight excluding hydrogens is 346 g/mol. The highest BCUT2D eigenvalue weighted by molar-refractivity contribution is 5.97. The van der Waals surface area contributed by atoms with Gasteiger partial charge in [0.15, 0.2) is 0 Å². The topological polar surface area (TPSA) is 117 Å². The summed E-state index contributed by atoms with van der Waals surface area (Å²) in [5.74, 6) is -1.23. The molecule has 27 heavy (non-hydrogen) atoms. The Hall–Kier alpha value is -2.41. The molecule has 0 radical (unpaired) electrons. The highest BCUT2D eigenvalue weighted by Gasteiger charge is 2.48. The predicted octanol–water partition coefficient (Wildman–Crippen LogP) is 0.835. The maximum atomic E-state index is 12.7. The van der Waals surface area contributed by atoms with Gasteiger partial charge >= 0.3 is 5.97 Å². The fraction of sp³-hybridized carbons (Fsp3) is 0.550. The van der Waals surface area contributed by atoms with E-state index in [9.17, 15) is 14.4 Å². The Morgan fingerprint density at radius 1 is 1.07 bits per heavy atom. The molecule has 7 heteroatoms. The Labute approximate surface area is 158 Å². The number of hydrogen-bond donors (Lipinski definition) is 4. The van der Waals surface area contributed by atoms with Gasteiger partial charge < -0.3 is 15.7 Å². The molecule has 1 aromatic rings. The van der Waals surface area contributed by atoms with Crippen LogP contribution in [-0.2, 0) is 20.8 Å². The van der Waals surface area contributed by atoms with Gasteiger partial charge in [-0.2, -0.15) is 0 Å². The van der Waals surface area contributed by atoms with Gasteiger partial charge in [0, 0.05) is 13.0 Å². The van der Waals surface area contributed by atoms with Crippen molar-refractivity contribution in [1.82, 2.24) is 16.0 Å². The summed E-state index contributed by atoms with van der Waals surface area (Å²) in [5, 5.41) is 17.3. The maximum absolute atomic E-state index is 12.7. The van der Waals surface area contributed by atoms with Crippen molar-refractivity contribution < 1.29 is 19.5 Å². The minimum absolute atomic E-state index is 0.217. The molecule has 0 aromatic heterocycles. The highest BCUT2D eigenvalue weighted by atomic mass is 16.4. The van der Waals surface area contributed by atoms with E-state index in [0.29, 0.717) is 18.9 Å². The Kier molecular flexibility index (Phi) is 6.45. The van der Waals surface area contributed by atoms with E-state index in [1.165, 1.54) is 19.3 Å². The van der Waals surface area contributed by atoms with Crippen LogP contribution in [0.25, 0.3) is 0 Å². The van der Waals surface area contributed by atoms with Gasteiger partial charge in [0.2, 0.25) is 11.8 Å². The summed E-state index contributed by atoms with van der Waals surface area (Å²) in [5.41, 5.74) is 0.939. The number of benzene rings is 1. The van der Waals surface area contributed by atoms with Crippen LogP contribution >= 0.6 is 0 Å². The molecule has 0 bridgehead atoms. The number of carboxylic acids is 1. The van der Waals surface area contributed by atoms with Crippen LogP contribution in [0.1, 0.15) is 37.7 Å². The molecular formula is C20H27N3O4. The summed E-state index contributed by atoms with van der Waals surface area (Å²) in [7, 11) is 0. The summed E-state index contributed by atoms with van der Waals surface area (Å²) >= 11 is 0. The Balaban J connectivity index is 1.59. The molecule has 2 amide bonds. The van der Waals surface area contributed by atoms with E-state index < -0.39 is 30.0 Å². The first-order valence-corrected chi connectivity index (χ1v) is 9.65. The van der Waals surface area contributed by atoms with Crippen molar-refractivity contribution in [2.75, 3.05) is 6.54 Å². The van der Waals surface area contributed by atoms with E-state index in [1.807, 2.05) is 30.3 Å². The molecule has 1 aliphatic heterocycles. The summed E-state index contributed by atoms with van der Waals surface area (Å²) in [4.78, 5) is 36.0. The number of carboxylic acid groups (broad SMARTS) is 1. The largest absolute Gasteiger partial charge is 0.480 e. The third-order valence-corrected chi connectivity index (χ3v) is 5.34. The normalized spacial score (nSPS) is 23.3. The van der Waals surface area contributed by atoms with E-state index >= 15 is 0 Å². The van der Waals surface area contributed by atoms with E-state index in [1.54, 1.807) is 0 Å².